The second-order valence-electron chi connectivity index (χ2n) is 7.41. The molecule has 8 heteroatoms. The summed E-state index contributed by atoms with van der Waals surface area (Å²) in [6.07, 6.45) is 6.36. The second-order valence-corrected chi connectivity index (χ2v) is 7.41. The van der Waals surface area contributed by atoms with Crippen LogP contribution in [0.15, 0.2) is 60.8 Å². The molecule has 0 saturated heterocycles. The molecule has 3 rings (SSSR count). The maximum absolute atomic E-state index is 14.5. The number of ketones is 1. The van der Waals surface area contributed by atoms with Gasteiger partial charge in [-0.1, -0.05) is 24.3 Å². The number of allylic oxidation sites excluding steroid dienone is 1. The normalized spacial score (nSPS) is 10.9. The first-order valence-corrected chi connectivity index (χ1v) is 10.9. The Bertz CT molecular complexity index is 1260. The van der Waals surface area contributed by atoms with E-state index in [0.717, 1.165) is 5.56 Å². The Hall–Kier alpha value is -4.46. The first kappa shape index (κ1) is 26.2. The van der Waals surface area contributed by atoms with E-state index < -0.39 is 5.82 Å². The van der Waals surface area contributed by atoms with Crippen molar-refractivity contribution < 1.29 is 32.9 Å². The summed E-state index contributed by atoms with van der Waals surface area (Å²) in [5, 5.41) is 3.04. The molecule has 0 aliphatic carbocycles. The number of hydrogen-bond donors (Lipinski definition) is 1. The molecule has 188 valence electrons. The second kappa shape index (κ2) is 12.3. The minimum atomic E-state index is -0.526. The number of methoxy groups -OCH3 is 5. The van der Waals surface area contributed by atoms with Gasteiger partial charge in [-0.05, 0) is 35.9 Å². The molecule has 3 aromatic rings. The summed E-state index contributed by atoms with van der Waals surface area (Å²) in [5.41, 5.74) is 2.23. The first-order valence-electron chi connectivity index (χ1n) is 10.9. The molecule has 0 amide bonds. The molecule has 0 radical (unpaired) electrons. The summed E-state index contributed by atoms with van der Waals surface area (Å²) in [4.78, 5) is 12.6. The molecule has 0 fully saturated rings. The molecule has 0 unspecified atom stereocenters. The first-order chi connectivity index (χ1) is 17.4. The molecule has 0 aliphatic heterocycles. The Morgan fingerprint density at radius 1 is 0.778 bits per heavy atom. The average Bonchev–Trinajstić information content (AvgIpc) is 2.91. The molecule has 36 heavy (non-hydrogen) atoms. The number of hydrogen-bond acceptors (Lipinski definition) is 7. The average molecular weight is 494 g/mol. The van der Waals surface area contributed by atoms with Crippen molar-refractivity contribution in [1.29, 1.82) is 0 Å². The van der Waals surface area contributed by atoms with Crippen molar-refractivity contribution in [2.45, 2.75) is 0 Å². The van der Waals surface area contributed by atoms with E-state index in [0.29, 0.717) is 39.8 Å². The lowest BCUT2D eigenvalue weighted by Gasteiger charge is -2.13. The van der Waals surface area contributed by atoms with Crippen LogP contribution in [-0.2, 0) is 0 Å². The van der Waals surface area contributed by atoms with Gasteiger partial charge < -0.3 is 29.0 Å². The summed E-state index contributed by atoms with van der Waals surface area (Å²) >= 11 is 0. The van der Waals surface area contributed by atoms with Gasteiger partial charge in [-0.2, -0.15) is 0 Å². The Balaban J connectivity index is 1.91. The Kier molecular flexibility index (Phi) is 8.94. The fraction of sp³-hybridized carbons (Fsp3) is 0.179. The van der Waals surface area contributed by atoms with Crippen molar-refractivity contribution >= 4 is 23.6 Å². The Labute approximate surface area is 209 Å². The summed E-state index contributed by atoms with van der Waals surface area (Å²) in [6, 6.07) is 13.3. The highest BCUT2D eigenvalue weighted by Crippen LogP contribution is 2.39. The van der Waals surface area contributed by atoms with Crippen LogP contribution in [0.25, 0.3) is 12.2 Å². The van der Waals surface area contributed by atoms with E-state index in [1.807, 2.05) is 0 Å². The quantitative estimate of drug-likeness (QED) is 0.204. The smallest absolute Gasteiger partial charge is 0.203 e. The Morgan fingerprint density at radius 3 is 2.03 bits per heavy atom. The Morgan fingerprint density at radius 2 is 1.42 bits per heavy atom. The van der Waals surface area contributed by atoms with Gasteiger partial charge in [-0.15, -0.1) is 0 Å². The van der Waals surface area contributed by atoms with Crippen molar-refractivity contribution in [3.05, 3.63) is 83.3 Å². The number of halogens is 1. The molecule has 0 aliphatic rings. The van der Waals surface area contributed by atoms with Crippen molar-refractivity contribution in [1.82, 2.24) is 0 Å². The van der Waals surface area contributed by atoms with Crippen LogP contribution in [0, 0.1) is 5.82 Å². The maximum atomic E-state index is 14.5. The van der Waals surface area contributed by atoms with Crippen LogP contribution < -0.4 is 29.0 Å². The van der Waals surface area contributed by atoms with E-state index in [1.54, 1.807) is 48.6 Å². The largest absolute Gasteiger partial charge is 0.496 e. The third kappa shape index (κ3) is 5.96. The van der Waals surface area contributed by atoms with Gasteiger partial charge in [0.25, 0.3) is 0 Å². The highest BCUT2D eigenvalue weighted by Gasteiger charge is 2.13. The highest BCUT2D eigenvalue weighted by molar-refractivity contribution is 6.06. The lowest BCUT2D eigenvalue weighted by molar-refractivity contribution is 0.104. The number of benzene rings is 3. The molecule has 3 aromatic carbocycles. The van der Waals surface area contributed by atoms with E-state index >= 15 is 0 Å². The van der Waals surface area contributed by atoms with Crippen LogP contribution in [0.3, 0.4) is 0 Å². The number of nitrogens with one attached hydrogen (secondary N) is 1. The number of rotatable bonds is 11. The SMILES string of the molecule is COc1cc(N/C=C\C(=O)c2ccccc2OC)c(/C=C\c2cc(OC)c(OC)c(OC)c2)cc1F. The zero-order valence-electron chi connectivity index (χ0n) is 20.8. The molecular weight excluding hydrogens is 465 g/mol. The summed E-state index contributed by atoms with van der Waals surface area (Å²) in [5.74, 6) is 1.23. The van der Waals surface area contributed by atoms with Gasteiger partial charge in [0.1, 0.15) is 5.75 Å². The topological polar surface area (TPSA) is 75.3 Å². The van der Waals surface area contributed by atoms with Crippen molar-refractivity contribution in [2.75, 3.05) is 40.9 Å². The van der Waals surface area contributed by atoms with Gasteiger partial charge in [-0.3, -0.25) is 4.79 Å². The monoisotopic (exact) mass is 493 g/mol. The summed E-state index contributed by atoms with van der Waals surface area (Å²) < 4.78 is 41.0. The van der Waals surface area contributed by atoms with E-state index in [9.17, 15) is 9.18 Å². The molecule has 0 aromatic heterocycles. The summed E-state index contributed by atoms with van der Waals surface area (Å²) in [7, 11) is 7.48. The number of carbonyl (C=O) groups is 1. The maximum Gasteiger partial charge on any atom is 0.203 e. The van der Waals surface area contributed by atoms with E-state index in [1.165, 1.54) is 60.0 Å². The van der Waals surface area contributed by atoms with Crippen molar-refractivity contribution in [3.8, 4) is 28.7 Å². The minimum absolute atomic E-state index is 0.0619. The molecule has 0 saturated carbocycles. The minimum Gasteiger partial charge on any atom is -0.496 e. The molecule has 0 bridgehead atoms. The van der Waals surface area contributed by atoms with Crippen LogP contribution in [0.4, 0.5) is 10.1 Å². The zero-order chi connectivity index (χ0) is 26.1. The standard InChI is InChI=1S/C28H28FNO6/c1-32-24-9-7-6-8-20(24)23(31)12-13-30-22-17-25(33-2)21(29)16-19(22)11-10-18-14-26(34-3)28(36-5)27(15-18)35-4/h6-17,30H,1-5H3/b11-10-,13-12-. The van der Waals surface area contributed by atoms with Gasteiger partial charge in [-0.25, -0.2) is 4.39 Å². The molecule has 7 nitrogen and oxygen atoms in total. The predicted octanol–water partition coefficient (Wildman–Crippen LogP) is 5.85. The zero-order valence-corrected chi connectivity index (χ0v) is 20.8. The fourth-order valence-corrected chi connectivity index (χ4v) is 3.52. The third-order valence-electron chi connectivity index (χ3n) is 5.31. The number of ether oxygens (including phenoxy) is 5. The number of para-hydroxylation sites is 1. The van der Waals surface area contributed by atoms with E-state index in [2.05, 4.69) is 5.32 Å². The van der Waals surface area contributed by atoms with Gasteiger partial charge in [0.05, 0.1) is 41.1 Å². The number of carbonyl (C=O) groups excluding carboxylic acids is 1. The number of anilines is 1. The summed E-state index contributed by atoms with van der Waals surface area (Å²) in [6.45, 7) is 0. The molecule has 1 N–H and O–H groups in total. The van der Waals surface area contributed by atoms with Crippen LogP contribution in [0.2, 0.25) is 0 Å². The van der Waals surface area contributed by atoms with Crippen LogP contribution in [0.1, 0.15) is 21.5 Å². The molecular formula is C28H28FNO6. The van der Waals surface area contributed by atoms with Crippen molar-refractivity contribution in [3.63, 3.8) is 0 Å². The van der Waals surface area contributed by atoms with Gasteiger partial charge >= 0.3 is 0 Å². The molecule has 0 atom stereocenters. The predicted molar refractivity (Wildman–Crippen MR) is 138 cm³/mol. The van der Waals surface area contributed by atoms with Crippen LogP contribution in [0.5, 0.6) is 28.7 Å². The lowest BCUT2D eigenvalue weighted by Crippen LogP contribution is -2.00. The van der Waals surface area contributed by atoms with Crippen LogP contribution in [-0.4, -0.2) is 41.3 Å². The molecule has 0 heterocycles. The molecule has 0 spiro atoms. The lowest BCUT2D eigenvalue weighted by atomic mass is 10.1. The van der Waals surface area contributed by atoms with Crippen LogP contribution >= 0.6 is 0 Å². The van der Waals surface area contributed by atoms with Crippen molar-refractivity contribution in [2.24, 2.45) is 0 Å². The van der Waals surface area contributed by atoms with Gasteiger partial charge in [0, 0.05) is 29.6 Å². The van der Waals surface area contributed by atoms with E-state index in [4.69, 9.17) is 23.7 Å². The van der Waals surface area contributed by atoms with E-state index in [-0.39, 0.29) is 11.5 Å². The third-order valence-corrected chi connectivity index (χ3v) is 5.31. The fourth-order valence-electron chi connectivity index (χ4n) is 3.52. The highest BCUT2D eigenvalue weighted by atomic mass is 19.1. The van der Waals surface area contributed by atoms with Gasteiger partial charge in [0.15, 0.2) is 28.8 Å². The van der Waals surface area contributed by atoms with Gasteiger partial charge in [0.2, 0.25) is 5.75 Å².